The molecule has 3 aliphatic rings. The van der Waals surface area contributed by atoms with E-state index in [1.165, 1.54) is 65.4 Å². The molecule has 1 saturated heterocycles. The van der Waals surface area contributed by atoms with Gasteiger partial charge in [-0.15, -0.1) is 0 Å². The Bertz CT molecular complexity index is 3660. The summed E-state index contributed by atoms with van der Waals surface area (Å²) in [5.74, 6) is 5.36. The Morgan fingerprint density at radius 1 is 1.00 bits per heavy atom. The number of rotatable bonds is 20. The van der Waals surface area contributed by atoms with Gasteiger partial charge in [-0.1, -0.05) is 25.7 Å². The van der Waals surface area contributed by atoms with Crippen LogP contribution >= 0.6 is 23.5 Å². The van der Waals surface area contributed by atoms with E-state index in [-0.39, 0.29) is 106 Å². The molecule has 28 heteroatoms. The number of aliphatic hydroxyl groups excluding tert-OH is 1. The van der Waals surface area contributed by atoms with Gasteiger partial charge in [-0.3, -0.25) is 29.0 Å². The fourth-order valence-electron chi connectivity index (χ4n) is 8.65. The molecule has 3 aromatic carbocycles. The Labute approximate surface area is 429 Å². The van der Waals surface area contributed by atoms with Crippen LogP contribution < -0.4 is 15.9 Å². The summed E-state index contributed by atoms with van der Waals surface area (Å²) in [4.78, 5) is 90.9. The van der Waals surface area contributed by atoms with Crippen LogP contribution in [-0.4, -0.2) is 75.3 Å². The molecule has 8 N–H and O–H groups in total. The second kappa shape index (κ2) is 22.3. The number of ether oxygens (including phenoxy) is 3. The normalized spacial score (nSPS) is 17.8. The molecule has 76 heavy (non-hydrogen) atoms. The molecule has 4 heterocycles. The van der Waals surface area contributed by atoms with Gasteiger partial charge in [0.2, 0.25) is 0 Å². The minimum atomic E-state index is -5.80. The molecule has 6 atom stereocenters. The number of fused-ring (bicyclic) bond motifs is 3. The van der Waals surface area contributed by atoms with Crippen LogP contribution in [0, 0.1) is 27.9 Å². The van der Waals surface area contributed by atoms with Crippen LogP contribution in [0.2, 0.25) is 0 Å². The Kier molecular flexibility index (Phi) is 16.2. The molecule has 0 radical (unpaired) electrons. The van der Waals surface area contributed by atoms with E-state index in [0.717, 1.165) is 0 Å². The Morgan fingerprint density at radius 2 is 1.78 bits per heavy atom. The van der Waals surface area contributed by atoms with Crippen molar-refractivity contribution in [1.29, 1.82) is 0 Å². The maximum Gasteiger partial charge on any atom is 0.490 e. The van der Waals surface area contributed by atoms with Gasteiger partial charge in [-0.25, -0.2) is 18.7 Å². The first-order valence-corrected chi connectivity index (χ1v) is 27.1. The second-order valence-corrected chi connectivity index (χ2v) is 21.9. The van der Waals surface area contributed by atoms with E-state index in [9.17, 15) is 58.2 Å². The lowest BCUT2D eigenvalue weighted by Crippen LogP contribution is -2.26. The number of carbonyl (C=O) groups is 2. The third-order valence-electron chi connectivity index (χ3n) is 11.8. The molecule has 0 saturated carbocycles. The SMILES string of the molecule is CC(C)[C@H](OCc1cn([C@H]2CC(O)[C@@H](COP(=O)(O)OP(=O)(O)OP(=O)(O)O)O2)c2nccc(N)c12)c1ccc(C#CCCC(=O)c2ccc(OC=O)c(-c3c4ccc(=O)cc-4oc4cc(O)ccc34)c2)cc1[N+](=O)[O-]. The largest absolute Gasteiger partial charge is 0.508 e. The maximum absolute atomic E-state index is 13.7. The summed E-state index contributed by atoms with van der Waals surface area (Å²) >= 11 is 0. The summed E-state index contributed by atoms with van der Waals surface area (Å²) in [7, 11) is -17.0. The number of benzene rings is 4. The number of Topliss-reactive ketones (excluding diaryl/α,β-unsaturated/α-hetero) is 1. The maximum atomic E-state index is 13.7. The van der Waals surface area contributed by atoms with Gasteiger partial charge < -0.3 is 58.7 Å². The number of nitrogens with zero attached hydrogens (tertiary/aromatic N) is 3. The molecule has 2 aromatic heterocycles. The molecular formula is C48H45N4O21P3. The average Bonchev–Trinajstić information content (AvgIpc) is 3.91. The van der Waals surface area contributed by atoms with E-state index < -0.39 is 59.5 Å². The van der Waals surface area contributed by atoms with Gasteiger partial charge >= 0.3 is 23.5 Å². The van der Waals surface area contributed by atoms with Crippen LogP contribution in [0.3, 0.4) is 0 Å². The number of anilines is 1. The van der Waals surface area contributed by atoms with Crippen LogP contribution in [0.5, 0.6) is 11.5 Å². The zero-order valence-corrected chi connectivity index (χ0v) is 42.4. The first kappa shape index (κ1) is 55.3. The minimum absolute atomic E-state index is 0.0504. The number of phosphoric acid groups is 3. The van der Waals surface area contributed by atoms with Crippen LogP contribution in [0.1, 0.15) is 72.5 Å². The highest BCUT2D eigenvalue weighted by Crippen LogP contribution is 2.66. The van der Waals surface area contributed by atoms with Crippen LogP contribution in [0.25, 0.3) is 44.5 Å². The number of phenols is 1. The number of aromatic nitrogens is 2. The van der Waals surface area contributed by atoms with Gasteiger partial charge in [0.05, 0.1) is 35.9 Å². The lowest BCUT2D eigenvalue weighted by molar-refractivity contribution is -0.386. The van der Waals surface area contributed by atoms with E-state index >= 15 is 0 Å². The van der Waals surface area contributed by atoms with Crippen molar-refractivity contribution in [3.8, 4) is 45.8 Å². The molecule has 2 aliphatic heterocycles. The Morgan fingerprint density at radius 3 is 2.50 bits per heavy atom. The average molecular weight is 1110 g/mol. The lowest BCUT2D eigenvalue weighted by atomic mass is 9.91. The molecule has 8 rings (SSSR count). The van der Waals surface area contributed by atoms with Crippen LogP contribution in [0.15, 0.2) is 100 Å². The summed E-state index contributed by atoms with van der Waals surface area (Å²) in [6, 6.07) is 19.0. The highest BCUT2D eigenvalue weighted by Gasteiger charge is 2.43. The van der Waals surface area contributed by atoms with Crippen molar-refractivity contribution < 1.29 is 89.8 Å². The standard InChI is InChI=1S/C48H45N4O21P3/c1-26(2)47(67-23-29-22-51(48-45(29)36(49)15-16-50-48)44-21-39(57)43(71-44)24-69-75(63,64)73-76(65,66)72-74(60,61)62)32-11-7-27(17-37(32)52(58)59)5-3-4-6-38(56)28-8-14-40(68-25-53)35(18-28)46-33-12-9-30(54)19-41(33)70-42-20-31(55)10-13-34(42)46/h7-20,22,25-26,39,43-44,47,54,57H,4,6,21,23-24H2,1-2H3,(H2,49,50)(H,63,64)(H,65,66)(H2,60,61,62)/t39?,43-,44-,47+/m1/s1. The summed E-state index contributed by atoms with van der Waals surface area (Å²) in [5, 5.41) is 34.5. The number of pyridine rings is 1. The van der Waals surface area contributed by atoms with Crippen LogP contribution in [-0.2, 0) is 47.7 Å². The van der Waals surface area contributed by atoms with Gasteiger partial charge in [-0.2, -0.15) is 8.62 Å². The fraction of sp³-hybridized carbons (Fsp3) is 0.250. The smallest absolute Gasteiger partial charge is 0.490 e. The lowest BCUT2D eigenvalue weighted by Gasteiger charge is -2.22. The van der Waals surface area contributed by atoms with Gasteiger partial charge in [0.25, 0.3) is 12.2 Å². The number of nitrogen functional groups attached to an aromatic ring is 1. The molecule has 3 unspecified atom stereocenters. The number of nitrogens with two attached hydrogens (primary N) is 1. The molecule has 0 spiro atoms. The zero-order chi connectivity index (χ0) is 54.9. The summed E-state index contributed by atoms with van der Waals surface area (Å²) in [6.45, 7) is 2.76. The number of carbonyl (C=O) groups excluding carboxylic acids is 2. The number of nitro benzene ring substituents is 1. The molecule has 398 valence electrons. The first-order chi connectivity index (χ1) is 35.9. The number of ketones is 1. The Balaban J connectivity index is 0.965. The molecule has 1 fully saturated rings. The predicted octanol–water partition coefficient (Wildman–Crippen LogP) is 7.57. The zero-order valence-electron chi connectivity index (χ0n) is 39.7. The minimum Gasteiger partial charge on any atom is -0.508 e. The Hall–Kier alpha value is -6.97. The van der Waals surface area contributed by atoms with Crippen molar-refractivity contribution in [2.75, 3.05) is 12.3 Å². The van der Waals surface area contributed by atoms with E-state index in [1.807, 2.05) is 0 Å². The monoisotopic (exact) mass is 1110 g/mol. The third kappa shape index (κ3) is 12.6. The van der Waals surface area contributed by atoms with E-state index in [4.69, 9.17) is 34.1 Å². The van der Waals surface area contributed by atoms with Gasteiger partial charge in [0.1, 0.15) is 40.8 Å². The molecule has 0 amide bonds. The molecule has 1 aliphatic carbocycles. The summed E-state index contributed by atoms with van der Waals surface area (Å²) in [5.41, 5.74) is 9.03. The highest BCUT2D eigenvalue weighted by molar-refractivity contribution is 7.66. The number of phenolic OH excluding ortho intramolecular Hbond substituents is 1. The number of hydrogen-bond acceptors (Lipinski definition) is 19. The third-order valence-corrected chi connectivity index (χ3v) is 15.6. The molecule has 25 nitrogen and oxygen atoms in total. The number of phosphoric ester groups is 1. The van der Waals surface area contributed by atoms with Crippen molar-refractivity contribution in [2.45, 2.75) is 64.3 Å². The van der Waals surface area contributed by atoms with Gasteiger partial charge in [0, 0.05) is 99.7 Å². The fourth-order valence-corrected chi connectivity index (χ4v) is 11.7. The van der Waals surface area contributed by atoms with Crippen molar-refractivity contribution in [1.82, 2.24) is 9.55 Å². The number of aromatic hydroxyl groups is 1. The second-order valence-electron chi connectivity index (χ2n) is 17.5. The first-order valence-electron chi connectivity index (χ1n) is 22.6. The van der Waals surface area contributed by atoms with Crippen molar-refractivity contribution in [3.63, 3.8) is 0 Å². The molecule has 0 bridgehead atoms. The number of hydrogen-bond donors (Lipinski definition) is 7. The van der Waals surface area contributed by atoms with Crippen molar-refractivity contribution >= 4 is 69.1 Å². The summed E-state index contributed by atoms with van der Waals surface area (Å²) in [6.07, 6.45) is -1.78. The molecule has 5 aromatic rings. The van der Waals surface area contributed by atoms with Crippen LogP contribution in [0.4, 0.5) is 11.4 Å². The van der Waals surface area contributed by atoms with Crippen molar-refractivity contribution in [3.05, 3.63) is 134 Å². The quantitative estimate of drug-likeness (QED) is 0.00735. The number of nitro groups is 1. The van der Waals surface area contributed by atoms with E-state index in [0.29, 0.717) is 33.0 Å². The number of aliphatic hydroxyl groups is 1. The molecular weight excluding hydrogens is 1060 g/mol. The van der Waals surface area contributed by atoms with E-state index in [1.54, 1.807) is 44.3 Å². The van der Waals surface area contributed by atoms with Gasteiger partial charge in [-0.05, 0) is 66.6 Å². The van der Waals surface area contributed by atoms with Crippen molar-refractivity contribution in [2.24, 2.45) is 5.92 Å². The topological polar surface area (TPSA) is 379 Å². The predicted molar refractivity (Wildman–Crippen MR) is 267 cm³/mol. The van der Waals surface area contributed by atoms with E-state index in [2.05, 4.69) is 30.0 Å². The highest BCUT2D eigenvalue weighted by atomic mass is 31.3. The van der Waals surface area contributed by atoms with Gasteiger partial charge in [0.15, 0.2) is 11.2 Å². The summed E-state index contributed by atoms with van der Waals surface area (Å²) < 4.78 is 72.2.